The molecule has 2 bridgehead atoms. The second-order valence-electron chi connectivity index (χ2n) is 5.55. The molecule has 2 aliphatic heterocycles. The molecule has 1 aliphatic carbocycles. The van der Waals surface area contributed by atoms with Crippen LogP contribution in [0, 0.1) is 5.92 Å². The molecule has 2 N–H and O–H groups in total. The Bertz CT molecular complexity index is 384. The first-order valence-corrected chi connectivity index (χ1v) is 8.09. The van der Waals surface area contributed by atoms with E-state index in [1.54, 1.807) is 4.31 Å². The molecule has 3 atom stereocenters. The fraction of sp³-hybridized carbons (Fsp3) is 1.00. The fourth-order valence-electron chi connectivity index (χ4n) is 3.39. The molecule has 3 rings (SSSR count). The van der Waals surface area contributed by atoms with Crippen molar-refractivity contribution in [1.29, 1.82) is 0 Å². The number of nitrogens with zero attached hydrogens (tertiary/aromatic N) is 1. The summed E-state index contributed by atoms with van der Waals surface area (Å²) < 4.78 is 28.8. The molecule has 2 heterocycles. The predicted octanol–water partition coefficient (Wildman–Crippen LogP) is 0.479. The summed E-state index contributed by atoms with van der Waals surface area (Å²) in [5.41, 5.74) is 0. The number of halogens is 1. The van der Waals surface area contributed by atoms with E-state index < -0.39 is 10.2 Å². The van der Waals surface area contributed by atoms with Crippen LogP contribution in [0.5, 0.6) is 0 Å². The lowest BCUT2D eigenvalue weighted by Crippen LogP contribution is -2.47. The largest absolute Gasteiger partial charge is 0.313 e. The molecule has 106 valence electrons. The van der Waals surface area contributed by atoms with E-state index in [-0.39, 0.29) is 18.4 Å². The van der Waals surface area contributed by atoms with Crippen LogP contribution in [0.3, 0.4) is 0 Å². The van der Waals surface area contributed by atoms with Gasteiger partial charge in [0.1, 0.15) is 0 Å². The molecule has 3 fully saturated rings. The normalized spacial score (nSPS) is 35.9. The van der Waals surface area contributed by atoms with Crippen molar-refractivity contribution in [2.75, 3.05) is 19.6 Å². The van der Waals surface area contributed by atoms with Crippen LogP contribution in [0.4, 0.5) is 0 Å². The van der Waals surface area contributed by atoms with Crippen molar-refractivity contribution in [2.24, 2.45) is 5.92 Å². The highest BCUT2D eigenvalue weighted by molar-refractivity contribution is 7.87. The molecule has 0 radical (unpaired) electrons. The van der Waals surface area contributed by atoms with Gasteiger partial charge in [0.25, 0.3) is 10.2 Å². The minimum absolute atomic E-state index is 0. The van der Waals surface area contributed by atoms with Crippen LogP contribution in [0.25, 0.3) is 0 Å². The van der Waals surface area contributed by atoms with E-state index in [0.717, 1.165) is 38.8 Å². The molecule has 0 spiro atoms. The highest BCUT2D eigenvalue weighted by Gasteiger charge is 2.43. The minimum atomic E-state index is -3.24. The topological polar surface area (TPSA) is 61.4 Å². The van der Waals surface area contributed by atoms with Gasteiger partial charge in [0.2, 0.25) is 0 Å². The van der Waals surface area contributed by atoms with Gasteiger partial charge < -0.3 is 5.32 Å². The lowest BCUT2D eigenvalue weighted by Gasteiger charge is -2.26. The van der Waals surface area contributed by atoms with E-state index in [1.807, 2.05) is 0 Å². The van der Waals surface area contributed by atoms with Gasteiger partial charge in [0.15, 0.2) is 0 Å². The Balaban J connectivity index is 0.00000120. The van der Waals surface area contributed by atoms with E-state index in [1.165, 1.54) is 6.42 Å². The van der Waals surface area contributed by atoms with Gasteiger partial charge in [-0.05, 0) is 44.6 Å². The average molecular weight is 296 g/mol. The van der Waals surface area contributed by atoms with Crippen LogP contribution in [-0.2, 0) is 10.2 Å². The van der Waals surface area contributed by atoms with Crippen molar-refractivity contribution in [3.63, 3.8) is 0 Å². The Kier molecular flexibility index (Phi) is 4.54. The third kappa shape index (κ3) is 2.82. The first kappa shape index (κ1) is 14.5. The second-order valence-corrected chi connectivity index (χ2v) is 7.26. The zero-order chi connectivity index (χ0) is 11.9. The summed E-state index contributed by atoms with van der Waals surface area (Å²) in [4.78, 5) is 0. The molecule has 0 aromatic rings. The second kappa shape index (κ2) is 5.63. The summed E-state index contributed by atoms with van der Waals surface area (Å²) in [7, 11) is -3.24. The van der Waals surface area contributed by atoms with Crippen molar-refractivity contribution in [2.45, 2.75) is 44.2 Å². The Hall–Kier alpha value is 0.120. The molecule has 5 nitrogen and oxygen atoms in total. The SMILES string of the molecule is Cl.O=S(=O)(NCC1CCCN1)N1CC2CCC1C2. The third-order valence-corrected chi connectivity index (χ3v) is 5.94. The summed E-state index contributed by atoms with van der Waals surface area (Å²) in [5, 5.41) is 3.31. The Morgan fingerprint density at radius 2 is 2.11 bits per heavy atom. The Morgan fingerprint density at radius 1 is 1.28 bits per heavy atom. The van der Waals surface area contributed by atoms with E-state index >= 15 is 0 Å². The van der Waals surface area contributed by atoms with Gasteiger partial charge in [0, 0.05) is 25.2 Å². The van der Waals surface area contributed by atoms with E-state index in [4.69, 9.17) is 0 Å². The summed E-state index contributed by atoms with van der Waals surface area (Å²) in [6, 6.07) is 0.596. The molecule has 0 aromatic heterocycles. The molecule has 7 heteroatoms. The molecular weight excluding hydrogens is 274 g/mol. The zero-order valence-corrected chi connectivity index (χ0v) is 12.1. The Labute approximate surface area is 115 Å². The van der Waals surface area contributed by atoms with E-state index in [0.29, 0.717) is 18.5 Å². The van der Waals surface area contributed by atoms with Gasteiger partial charge in [-0.1, -0.05) is 0 Å². The van der Waals surface area contributed by atoms with Crippen LogP contribution in [-0.4, -0.2) is 44.4 Å². The van der Waals surface area contributed by atoms with E-state index in [9.17, 15) is 8.42 Å². The minimum Gasteiger partial charge on any atom is -0.313 e. The first-order valence-electron chi connectivity index (χ1n) is 6.65. The van der Waals surface area contributed by atoms with Crippen LogP contribution in [0.15, 0.2) is 0 Å². The predicted molar refractivity (Wildman–Crippen MR) is 73.0 cm³/mol. The van der Waals surface area contributed by atoms with Crippen LogP contribution in [0.2, 0.25) is 0 Å². The number of hydrogen-bond acceptors (Lipinski definition) is 3. The zero-order valence-electron chi connectivity index (χ0n) is 10.5. The molecule has 3 unspecified atom stereocenters. The summed E-state index contributed by atoms with van der Waals surface area (Å²) in [6.45, 7) is 2.29. The van der Waals surface area contributed by atoms with Crippen molar-refractivity contribution in [3.8, 4) is 0 Å². The molecule has 1 saturated carbocycles. The number of nitrogens with one attached hydrogen (secondary N) is 2. The van der Waals surface area contributed by atoms with Crippen molar-refractivity contribution < 1.29 is 8.42 Å². The lowest BCUT2D eigenvalue weighted by molar-refractivity contribution is 0.327. The monoisotopic (exact) mass is 295 g/mol. The smallest absolute Gasteiger partial charge is 0.279 e. The van der Waals surface area contributed by atoms with Gasteiger partial charge >= 0.3 is 0 Å². The first-order chi connectivity index (χ1) is 8.15. The Morgan fingerprint density at radius 3 is 2.67 bits per heavy atom. The molecular formula is C11H22ClN3O2S. The maximum atomic E-state index is 12.2. The third-order valence-electron chi connectivity index (χ3n) is 4.34. The van der Waals surface area contributed by atoms with Gasteiger partial charge in [-0.2, -0.15) is 12.7 Å². The summed E-state index contributed by atoms with van der Waals surface area (Å²) in [6.07, 6.45) is 5.56. The van der Waals surface area contributed by atoms with Crippen molar-refractivity contribution in [3.05, 3.63) is 0 Å². The number of fused-ring (bicyclic) bond motifs is 2. The molecule has 2 saturated heterocycles. The highest BCUT2D eigenvalue weighted by atomic mass is 35.5. The van der Waals surface area contributed by atoms with Crippen LogP contribution < -0.4 is 10.0 Å². The van der Waals surface area contributed by atoms with Gasteiger partial charge in [-0.3, -0.25) is 0 Å². The lowest BCUT2D eigenvalue weighted by atomic mass is 10.1. The molecule has 18 heavy (non-hydrogen) atoms. The number of rotatable bonds is 4. The highest BCUT2D eigenvalue weighted by Crippen LogP contribution is 2.38. The standard InChI is InChI=1S/C11H21N3O2S.ClH/c15-17(16,13-7-10-2-1-5-12-10)14-8-9-3-4-11(14)6-9;/h9-13H,1-8H2;1H. The average Bonchev–Trinajstić information content (AvgIpc) is 3.03. The maximum Gasteiger partial charge on any atom is 0.279 e. The molecule has 0 amide bonds. The molecule has 0 aromatic carbocycles. The van der Waals surface area contributed by atoms with Gasteiger partial charge in [-0.15, -0.1) is 12.4 Å². The quantitative estimate of drug-likeness (QED) is 0.793. The van der Waals surface area contributed by atoms with Crippen molar-refractivity contribution in [1.82, 2.24) is 14.3 Å². The summed E-state index contributed by atoms with van der Waals surface area (Å²) >= 11 is 0. The van der Waals surface area contributed by atoms with Crippen molar-refractivity contribution >= 4 is 22.6 Å². The molecule has 3 aliphatic rings. The van der Waals surface area contributed by atoms with Crippen LogP contribution >= 0.6 is 12.4 Å². The van der Waals surface area contributed by atoms with Gasteiger partial charge in [0.05, 0.1) is 0 Å². The number of piperidine rings is 1. The number of hydrogen-bond donors (Lipinski definition) is 2. The van der Waals surface area contributed by atoms with Crippen LogP contribution in [0.1, 0.15) is 32.1 Å². The van der Waals surface area contributed by atoms with Gasteiger partial charge in [-0.25, -0.2) is 4.72 Å². The fourth-order valence-corrected chi connectivity index (χ4v) is 4.96. The maximum absolute atomic E-state index is 12.2. The van der Waals surface area contributed by atoms with E-state index in [2.05, 4.69) is 10.0 Å². The summed E-state index contributed by atoms with van der Waals surface area (Å²) in [5.74, 6) is 0.612.